The van der Waals surface area contributed by atoms with Crippen molar-refractivity contribution in [3.63, 3.8) is 0 Å². The summed E-state index contributed by atoms with van der Waals surface area (Å²) < 4.78 is 15.9. The van der Waals surface area contributed by atoms with Crippen LogP contribution in [-0.4, -0.2) is 14.8 Å². The zero-order chi connectivity index (χ0) is 11.0. The molecule has 1 heterocycles. The maximum Gasteiger partial charge on any atom is 0.195 e. The Morgan fingerprint density at radius 1 is 1.47 bits per heavy atom. The van der Waals surface area contributed by atoms with E-state index in [1.165, 1.54) is 0 Å². The molecule has 0 fully saturated rings. The maximum absolute atomic E-state index is 13.8. The number of hydrogen-bond donors (Lipinski definition) is 1. The molecule has 5 heteroatoms. The largest absolute Gasteiger partial charge is 0.303 e. The predicted octanol–water partition coefficient (Wildman–Crippen LogP) is 2.59. The average molecular weight is 223 g/mol. The van der Waals surface area contributed by atoms with Crippen LogP contribution in [0.4, 0.5) is 4.39 Å². The first-order valence-corrected chi connectivity index (χ1v) is 4.89. The van der Waals surface area contributed by atoms with Crippen LogP contribution in [0.15, 0.2) is 18.2 Å². The zero-order valence-electron chi connectivity index (χ0n) is 8.41. The lowest BCUT2D eigenvalue weighted by Gasteiger charge is -2.03. The maximum atomic E-state index is 13.8. The van der Waals surface area contributed by atoms with Crippen LogP contribution < -0.4 is 0 Å². The molecular formula is C10H10FN3S. The van der Waals surface area contributed by atoms with E-state index in [9.17, 15) is 4.39 Å². The summed E-state index contributed by atoms with van der Waals surface area (Å²) >= 11 is 4.97. The lowest BCUT2D eigenvalue weighted by Crippen LogP contribution is -1.96. The number of aryl methyl sites for hydroxylation is 1. The number of rotatable bonds is 1. The van der Waals surface area contributed by atoms with Crippen molar-refractivity contribution in [1.29, 1.82) is 0 Å². The number of H-pyrrole nitrogens is 1. The van der Waals surface area contributed by atoms with E-state index in [2.05, 4.69) is 10.2 Å². The Morgan fingerprint density at radius 3 is 2.80 bits per heavy atom. The number of hydrogen-bond acceptors (Lipinski definition) is 2. The Morgan fingerprint density at radius 2 is 2.20 bits per heavy atom. The molecule has 1 N–H and O–H groups in total. The molecule has 3 nitrogen and oxygen atoms in total. The average Bonchev–Trinajstić information content (AvgIpc) is 2.53. The van der Waals surface area contributed by atoms with Crippen LogP contribution in [0.3, 0.4) is 0 Å². The molecule has 0 bridgehead atoms. The summed E-state index contributed by atoms with van der Waals surface area (Å²) in [5.41, 5.74) is 1.06. The fourth-order valence-electron chi connectivity index (χ4n) is 1.41. The van der Waals surface area contributed by atoms with Crippen LogP contribution in [0.2, 0.25) is 0 Å². The van der Waals surface area contributed by atoms with E-state index >= 15 is 0 Å². The van der Waals surface area contributed by atoms with Crippen molar-refractivity contribution >= 4 is 12.2 Å². The second-order valence-electron chi connectivity index (χ2n) is 3.35. The molecule has 0 atom stereocenters. The van der Waals surface area contributed by atoms with Crippen LogP contribution in [0.1, 0.15) is 5.56 Å². The van der Waals surface area contributed by atoms with Crippen molar-refractivity contribution in [3.8, 4) is 11.4 Å². The van der Waals surface area contributed by atoms with Crippen molar-refractivity contribution in [2.75, 3.05) is 0 Å². The third kappa shape index (κ3) is 1.59. The summed E-state index contributed by atoms with van der Waals surface area (Å²) in [6, 6.07) is 5.21. The summed E-state index contributed by atoms with van der Waals surface area (Å²) in [7, 11) is 1.75. The highest BCUT2D eigenvalue weighted by atomic mass is 32.1. The fourth-order valence-corrected chi connectivity index (χ4v) is 1.54. The summed E-state index contributed by atoms with van der Waals surface area (Å²) in [6.45, 7) is 1.72. The normalized spacial score (nSPS) is 10.6. The van der Waals surface area contributed by atoms with Gasteiger partial charge in [0.1, 0.15) is 5.82 Å². The zero-order valence-corrected chi connectivity index (χ0v) is 9.23. The molecule has 1 aromatic carbocycles. The van der Waals surface area contributed by atoms with E-state index in [1.807, 2.05) is 0 Å². The standard InChI is InChI=1S/C10H10FN3S/c1-6-4-3-5-7(8(6)11)9-12-13-10(15)14(9)2/h3-5H,1-2H3,(H,13,15). The Balaban J connectivity index is 2.69. The second kappa shape index (κ2) is 3.58. The van der Waals surface area contributed by atoms with Crippen molar-refractivity contribution in [1.82, 2.24) is 14.8 Å². The van der Waals surface area contributed by atoms with Crippen molar-refractivity contribution < 1.29 is 4.39 Å². The molecule has 0 unspecified atom stereocenters. The van der Waals surface area contributed by atoms with Gasteiger partial charge in [-0.25, -0.2) is 4.39 Å². The minimum absolute atomic E-state index is 0.255. The van der Waals surface area contributed by atoms with Crippen molar-refractivity contribution in [3.05, 3.63) is 34.4 Å². The minimum atomic E-state index is -0.255. The molecule has 78 valence electrons. The molecule has 0 aliphatic carbocycles. The Kier molecular flexibility index (Phi) is 2.40. The third-order valence-electron chi connectivity index (χ3n) is 2.31. The summed E-state index contributed by atoms with van der Waals surface area (Å²) in [5, 5.41) is 6.62. The summed E-state index contributed by atoms with van der Waals surface area (Å²) in [4.78, 5) is 0. The van der Waals surface area contributed by atoms with Crippen LogP contribution >= 0.6 is 12.2 Å². The van der Waals surface area contributed by atoms with Crippen LogP contribution in [-0.2, 0) is 7.05 Å². The number of benzene rings is 1. The number of nitrogens with zero attached hydrogens (tertiary/aromatic N) is 2. The summed E-state index contributed by atoms with van der Waals surface area (Å²) in [5.74, 6) is 0.260. The van der Waals surface area contributed by atoms with Gasteiger partial charge in [0.15, 0.2) is 10.6 Å². The van der Waals surface area contributed by atoms with Gasteiger partial charge in [-0.1, -0.05) is 12.1 Å². The molecule has 0 radical (unpaired) electrons. The number of aromatic amines is 1. The first-order chi connectivity index (χ1) is 7.11. The molecule has 2 rings (SSSR count). The first-order valence-electron chi connectivity index (χ1n) is 4.48. The van der Waals surface area contributed by atoms with Gasteiger partial charge in [0.2, 0.25) is 0 Å². The molecule has 1 aromatic heterocycles. The highest BCUT2D eigenvalue weighted by Crippen LogP contribution is 2.22. The van der Waals surface area contributed by atoms with Crippen LogP contribution in [0.5, 0.6) is 0 Å². The number of nitrogens with one attached hydrogen (secondary N) is 1. The minimum Gasteiger partial charge on any atom is -0.303 e. The molecule has 2 aromatic rings. The van der Waals surface area contributed by atoms with Crippen molar-refractivity contribution in [2.45, 2.75) is 6.92 Å². The van der Waals surface area contributed by atoms with E-state index in [-0.39, 0.29) is 5.82 Å². The van der Waals surface area contributed by atoms with Gasteiger partial charge in [0.25, 0.3) is 0 Å². The molecule has 15 heavy (non-hydrogen) atoms. The van der Waals surface area contributed by atoms with E-state index in [1.54, 1.807) is 36.7 Å². The SMILES string of the molecule is Cc1cccc(-c2n[nH]c(=S)n2C)c1F. The predicted molar refractivity (Wildman–Crippen MR) is 58.5 cm³/mol. The number of halogens is 1. The van der Waals surface area contributed by atoms with Crippen molar-refractivity contribution in [2.24, 2.45) is 7.05 Å². The van der Waals surface area contributed by atoms with E-state index in [0.29, 0.717) is 21.7 Å². The summed E-state index contributed by atoms with van der Waals surface area (Å²) in [6.07, 6.45) is 0. The van der Waals surface area contributed by atoms with E-state index in [0.717, 1.165) is 0 Å². The van der Waals surface area contributed by atoms with Crippen LogP contribution in [0, 0.1) is 17.5 Å². The molecule has 0 aliphatic rings. The first kappa shape index (κ1) is 10.0. The molecule has 0 saturated carbocycles. The lowest BCUT2D eigenvalue weighted by molar-refractivity contribution is 0.619. The Labute approximate surface area is 91.6 Å². The van der Waals surface area contributed by atoms with Gasteiger partial charge >= 0.3 is 0 Å². The van der Waals surface area contributed by atoms with E-state index < -0.39 is 0 Å². The van der Waals surface area contributed by atoms with Gasteiger partial charge < -0.3 is 4.57 Å². The molecular weight excluding hydrogens is 213 g/mol. The van der Waals surface area contributed by atoms with Crippen LogP contribution in [0.25, 0.3) is 11.4 Å². The smallest absolute Gasteiger partial charge is 0.195 e. The van der Waals surface area contributed by atoms with Gasteiger partial charge in [-0.2, -0.15) is 5.10 Å². The third-order valence-corrected chi connectivity index (χ3v) is 2.68. The highest BCUT2D eigenvalue weighted by molar-refractivity contribution is 7.71. The highest BCUT2D eigenvalue weighted by Gasteiger charge is 2.11. The molecule has 0 spiro atoms. The monoisotopic (exact) mass is 223 g/mol. The lowest BCUT2D eigenvalue weighted by atomic mass is 10.1. The van der Waals surface area contributed by atoms with Gasteiger partial charge in [0.05, 0.1) is 5.56 Å². The van der Waals surface area contributed by atoms with Gasteiger partial charge in [-0.3, -0.25) is 5.10 Å². The second-order valence-corrected chi connectivity index (χ2v) is 3.73. The van der Waals surface area contributed by atoms with Gasteiger partial charge in [-0.15, -0.1) is 0 Å². The fraction of sp³-hybridized carbons (Fsp3) is 0.200. The van der Waals surface area contributed by atoms with Gasteiger partial charge in [0, 0.05) is 7.05 Å². The Hall–Kier alpha value is -1.49. The molecule has 0 amide bonds. The topological polar surface area (TPSA) is 33.6 Å². The Bertz CT molecular complexity index is 556. The molecule has 0 saturated heterocycles. The number of aromatic nitrogens is 3. The van der Waals surface area contributed by atoms with E-state index in [4.69, 9.17) is 12.2 Å². The van der Waals surface area contributed by atoms with Gasteiger partial charge in [-0.05, 0) is 30.8 Å². The molecule has 0 aliphatic heterocycles. The quantitative estimate of drug-likeness (QED) is 0.754.